The molecule has 1 saturated carbocycles. The van der Waals surface area contributed by atoms with Crippen molar-refractivity contribution in [3.05, 3.63) is 29.8 Å². The molecule has 1 aliphatic carbocycles. The first-order valence-corrected chi connectivity index (χ1v) is 7.46. The van der Waals surface area contributed by atoms with Gasteiger partial charge < -0.3 is 15.0 Å². The van der Waals surface area contributed by atoms with Crippen molar-refractivity contribution >= 4 is 5.69 Å². The van der Waals surface area contributed by atoms with Crippen molar-refractivity contribution in [3.63, 3.8) is 0 Å². The van der Waals surface area contributed by atoms with E-state index in [1.54, 1.807) is 0 Å². The first kappa shape index (κ1) is 12.9. The third-order valence-corrected chi connectivity index (χ3v) is 4.45. The first-order valence-electron chi connectivity index (χ1n) is 7.46. The van der Waals surface area contributed by atoms with Gasteiger partial charge in [0.15, 0.2) is 0 Å². The number of para-hydroxylation sites is 1. The lowest BCUT2D eigenvalue weighted by Crippen LogP contribution is -2.45. The molecule has 3 nitrogen and oxygen atoms in total. The number of hydrogen-bond donors (Lipinski definition) is 1. The van der Waals surface area contributed by atoms with Crippen LogP contribution < -0.4 is 10.2 Å². The molecule has 0 atom stereocenters. The maximum absolute atomic E-state index is 5.29. The van der Waals surface area contributed by atoms with Crippen LogP contribution in [0.3, 0.4) is 0 Å². The fourth-order valence-electron chi connectivity index (χ4n) is 3.14. The molecule has 2 aliphatic rings. The van der Waals surface area contributed by atoms with Gasteiger partial charge in [-0.2, -0.15) is 0 Å². The molecule has 19 heavy (non-hydrogen) atoms. The number of ether oxygens (including phenoxy) is 1. The van der Waals surface area contributed by atoms with E-state index in [0.29, 0.717) is 12.1 Å². The lowest BCUT2D eigenvalue weighted by molar-refractivity contribution is 0.0176. The number of anilines is 1. The van der Waals surface area contributed by atoms with E-state index in [1.165, 1.54) is 50.0 Å². The zero-order chi connectivity index (χ0) is 13.1. The van der Waals surface area contributed by atoms with Gasteiger partial charge in [-0.15, -0.1) is 0 Å². The second-order valence-corrected chi connectivity index (χ2v) is 5.70. The van der Waals surface area contributed by atoms with Gasteiger partial charge in [-0.3, -0.25) is 0 Å². The van der Waals surface area contributed by atoms with Gasteiger partial charge in [-0.05, 0) is 43.9 Å². The van der Waals surface area contributed by atoms with Gasteiger partial charge >= 0.3 is 0 Å². The summed E-state index contributed by atoms with van der Waals surface area (Å²) in [5.74, 6) is 0. The molecule has 1 heterocycles. The van der Waals surface area contributed by atoms with Gasteiger partial charge in [-0.25, -0.2) is 0 Å². The Morgan fingerprint density at radius 1 is 1.32 bits per heavy atom. The number of methoxy groups -OCH3 is 1. The van der Waals surface area contributed by atoms with E-state index in [0.717, 1.165) is 6.54 Å². The highest BCUT2D eigenvalue weighted by Gasteiger charge is 2.28. The summed E-state index contributed by atoms with van der Waals surface area (Å²) in [6.45, 7) is 3.48. The third kappa shape index (κ3) is 2.93. The quantitative estimate of drug-likeness (QED) is 0.794. The predicted octanol–water partition coefficient (Wildman–Crippen LogP) is 2.21. The fourth-order valence-corrected chi connectivity index (χ4v) is 3.14. The lowest BCUT2D eigenvalue weighted by atomic mass is 9.89. The molecule has 0 bridgehead atoms. The normalized spacial score (nSPS) is 25.2. The van der Waals surface area contributed by atoms with Crippen LogP contribution in [-0.4, -0.2) is 38.9 Å². The van der Waals surface area contributed by atoms with Crippen LogP contribution in [0.1, 0.15) is 24.8 Å². The van der Waals surface area contributed by atoms with E-state index in [-0.39, 0.29) is 0 Å². The molecule has 0 unspecified atom stereocenters. The van der Waals surface area contributed by atoms with E-state index in [1.807, 2.05) is 7.11 Å². The number of hydrogen-bond acceptors (Lipinski definition) is 3. The van der Waals surface area contributed by atoms with Crippen LogP contribution in [0, 0.1) is 0 Å². The van der Waals surface area contributed by atoms with Gasteiger partial charge in [0.2, 0.25) is 0 Å². The Labute approximate surface area is 115 Å². The highest BCUT2D eigenvalue weighted by atomic mass is 16.5. The Balaban J connectivity index is 1.35. The van der Waals surface area contributed by atoms with Crippen molar-refractivity contribution < 1.29 is 4.74 Å². The SMILES string of the molecule is COC1CC(NCCCN2CCc3ccccc32)C1. The maximum Gasteiger partial charge on any atom is 0.0601 e. The molecule has 0 amide bonds. The van der Waals surface area contributed by atoms with Gasteiger partial charge in [0.25, 0.3) is 0 Å². The van der Waals surface area contributed by atoms with E-state index < -0.39 is 0 Å². The van der Waals surface area contributed by atoms with E-state index in [4.69, 9.17) is 4.74 Å². The number of rotatable bonds is 6. The highest BCUT2D eigenvalue weighted by molar-refractivity contribution is 5.57. The molecule has 1 aromatic carbocycles. The minimum absolute atomic E-state index is 0.503. The zero-order valence-electron chi connectivity index (χ0n) is 11.8. The molecule has 1 fully saturated rings. The van der Waals surface area contributed by atoms with Crippen molar-refractivity contribution in [2.24, 2.45) is 0 Å². The van der Waals surface area contributed by atoms with Crippen LogP contribution in [0.2, 0.25) is 0 Å². The Morgan fingerprint density at radius 3 is 3.00 bits per heavy atom. The molecule has 1 aliphatic heterocycles. The number of fused-ring (bicyclic) bond motifs is 1. The molecule has 104 valence electrons. The average Bonchev–Trinajstić information content (AvgIpc) is 2.80. The molecular weight excluding hydrogens is 236 g/mol. The topological polar surface area (TPSA) is 24.5 Å². The lowest BCUT2D eigenvalue weighted by Gasteiger charge is -2.35. The second kappa shape index (κ2) is 5.93. The number of nitrogens with zero attached hydrogens (tertiary/aromatic N) is 1. The Bertz CT molecular complexity index is 415. The summed E-state index contributed by atoms with van der Waals surface area (Å²) < 4.78 is 5.29. The molecular formula is C16H24N2O. The van der Waals surface area contributed by atoms with Crippen LogP contribution in [0.5, 0.6) is 0 Å². The molecule has 0 radical (unpaired) electrons. The van der Waals surface area contributed by atoms with Gasteiger partial charge in [0.05, 0.1) is 6.10 Å². The zero-order valence-corrected chi connectivity index (χ0v) is 11.8. The molecule has 0 spiro atoms. The number of nitrogens with one attached hydrogen (secondary N) is 1. The monoisotopic (exact) mass is 260 g/mol. The van der Waals surface area contributed by atoms with Crippen molar-refractivity contribution in [1.82, 2.24) is 5.32 Å². The first-order chi connectivity index (χ1) is 9.36. The molecule has 0 saturated heterocycles. The Kier molecular flexibility index (Phi) is 4.04. The smallest absolute Gasteiger partial charge is 0.0601 e. The van der Waals surface area contributed by atoms with E-state index in [2.05, 4.69) is 34.5 Å². The van der Waals surface area contributed by atoms with Gasteiger partial charge in [0, 0.05) is 31.9 Å². The summed E-state index contributed by atoms with van der Waals surface area (Å²) in [6.07, 6.45) is 5.30. The van der Waals surface area contributed by atoms with E-state index in [9.17, 15) is 0 Å². The molecule has 1 aromatic rings. The van der Waals surface area contributed by atoms with Crippen LogP contribution >= 0.6 is 0 Å². The summed E-state index contributed by atoms with van der Waals surface area (Å²) in [6, 6.07) is 9.50. The van der Waals surface area contributed by atoms with Crippen molar-refractivity contribution in [2.45, 2.75) is 37.8 Å². The fraction of sp³-hybridized carbons (Fsp3) is 0.625. The van der Waals surface area contributed by atoms with Crippen LogP contribution in [0.15, 0.2) is 24.3 Å². The van der Waals surface area contributed by atoms with Gasteiger partial charge in [-0.1, -0.05) is 18.2 Å². The summed E-state index contributed by atoms with van der Waals surface area (Å²) >= 11 is 0. The Morgan fingerprint density at radius 2 is 2.16 bits per heavy atom. The summed E-state index contributed by atoms with van der Waals surface area (Å²) in [4.78, 5) is 2.52. The van der Waals surface area contributed by atoms with Crippen molar-refractivity contribution in [2.75, 3.05) is 31.6 Å². The van der Waals surface area contributed by atoms with Crippen molar-refractivity contribution in [1.29, 1.82) is 0 Å². The Hall–Kier alpha value is -1.06. The van der Waals surface area contributed by atoms with Crippen LogP contribution in [0.25, 0.3) is 0 Å². The molecule has 0 aromatic heterocycles. The summed E-state index contributed by atoms with van der Waals surface area (Å²) in [5.41, 5.74) is 2.96. The van der Waals surface area contributed by atoms with Crippen LogP contribution in [-0.2, 0) is 11.2 Å². The third-order valence-electron chi connectivity index (χ3n) is 4.45. The largest absolute Gasteiger partial charge is 0.381 e. The predicted molar refractivity (Wildman–Crippen MR) is 78.8 cm³/mol. The van der Waals surface area contributed by atoms with Gasteiger partial charge in [0.1, 0.15) is 0 Å². The molecule has 3 heteroatoms. The second-order valence-electron chi connectivity index (χ2n) is 5.70. The minimum atomic E-state index is 0.503. The van der Waals surface area contributed by atoms with Crippen LogP contribution in [0.4, 0.5) is 5.69 Å². The maximum atomic E-state index is 5.29. The summed E-state index contributed by atoms with van der Waals surface area (Å²) in [7, 11) is 1.81. The average molecular weight is 260 g/mol. The standard InChI is InChI=1S/C16H24N2O/c1-19-15-11-14(12-15)17-8-4-9-18-10-7-13-5-2-3-6-16(13)18/h2-3,5-6,14-15,17H,4,7-12H2,1H3. The van der Waals surface area contributed by atoms with Crippen molar-refractivity contribution in [3.8, 4) is 0 Å². The number of benzene rings is 1. The summed E-state index contributed by atoms with van der Waals surface area (Å²) in [5, 5.41) is 3.62. The molecule has 3 rings (SSSR count). The van der Waals surface area contributed by atoms with E-state index >= 15 is 0 Å². The minimum Gasteiger partial charge on any atom is -0.381 e. The highest BCUT2D eigenvalue weighted by Crippen LogP contribution is 2.27. The molecule has 1 N–H and O–H groups in total.